The summed E-state index contributed by atoms with van der Waals surface area (Å²) in [5.41, 5.74) is 1.61. The summed E-state index contributed by atoms with van der Waals surface area (Å²) in [6.07, 6.45) is 0. The van der Waals surface area contributed by atoms with E-state index in [4.69, 9.17) is 4.74 Å². The Morgan fingerprint density at radius 1 is 0.976 bits per heavy atom. The number of benzene rings is 3. The number of anilines is 2. The van der Waals surface area contributed by atoms with Gasteiger partial charge in [0.2, 0.25) is 17.7 Å². The Morgan fingerprint density at radius 2 is 1.66 bits per heavy atom. The van der Waals surface area contributed by atoms with Gasteiger partial charge in [0.1, 0.15) is 23.4 Å². The van der Waals surface area contributed by atoms with E-state index in [0.717, 1.165) is 33.1 Å². The minimum absolute atomic E-state index is 0.305. The van der Waals surface area contributed by atoms with Crippen LogP contribution in [0.15, 0.2) is 87.1 Å². The summed E-state index contributed by atoms with van der Waals surface area (Å²) in [7, 11) is 1.55. The van der Waals surface area contributed by atoms with Crippen LogP contribution in [0.4, 0.5) is 15.8 Å². The highest BCUT2D eigenvalue weighted by atomic mass is 79.9. The minimum atomic E-state index is -0.800. The first kappa shape index (κ1) is 27.4. The maximum Gasteiger partial charge on any atom is 0.308 e. The van der Waals surface area contributed by atoms with Crippen LogP contribution in [-0.4, -0.2) is 34.6 Å². The van der Waals surface area contributed by atoms with Crippen molar-refractivity contribution >= 4 is 68.1 Å². The summed E-state index contributed by atoms with van der Waals surface area (Å²) in [6.45, 7) is -0.305. The number of methoxy groups -OCH3 is 1. The second-order valence-corrected chi connectivity index (χ2v) is 12.5. The van der Waals surface area contributed by atoms with Crippen molar-refractivity contribution in [1.82, 2.24) is 4.57 Å². The highest BCUT2D eigenvalue weighted by molar-refractivity contribution is 9.10. The molecule has 8 nitrogen and oxygen atoms in total. The number of rotatable bonds is 6. The van der Waals surface area contributed by atoms with Gasteiger partial charge in [-0.05, 0) is 66.2 Å². The molecule has 1 aromatic heterocycles. The molecule has 3 aromatic carbocycles. The number of thiazole rings is 1. The molecule has 3 heterocycles. The Labute approximate surface area is 250 Å². The average Bonchev–Trinajstić information content (AvgIpc) is 3.41. The van der Waals surface area contributed by atoms with Gasteiger partial charge in [0.25, 0.3) is 0 Å². The molecule has 1 saturated heterocycles. The molecule has 1 fully saturated rings. The first-order valence-electron chi connectivity index (χ1n) is 12.5. The van der Waals surface area contributed by atoms with Gasteiger partial charge >= 0.3 is 4.87 Å². The zero-order chi connectivity index (χ0) is 28.8. The summed E-state index contributed by atoms with van der Waals surface area (Å²) in [4.78, 5) is 55.4. The quantitative estimate of drug-likeness (QED) is 0.285. The molecule has 0 unspecified atom stereocenters. The monoisotopic (exact) mass is 653 g/mol. The van der Waals surface area contributed by atoms with Gasteiger partial charge < -0.3 is 10.1 Å². The molecule has 0 saturated carbocycles. The van der Waals surface area contributed by atoms with Crippen molar-refractivity contribution in [2.24, 2.45) is 5.92 Å². The molecule has 0 radical (unpaired) electrons. The molecule has 1 N–H and O–H groups in total. The van der Waals surface area contributed by atoms with Gasteiger partial charge in [0.15, 0.2) is 0 Å². The lowest BCUT2D eigenvalue weighted by molar-refractivity contribution is -0.122. The number of carbonyl (C=O) groups excluding carboxylic acids is 3. The zero-order valence-corrected chi connectivity index (χ0v) is 24.6. The lowest BCUT2D eigenvalue weighted by Crippen LogP contribution is -2.33. The number of nitrogens with zero attached hydrogens (tertiary/aromatic N) is 2. The third-order valence-corrected chi connectivity index (χ3v) is 10.2. The number of fused-ring (bicyclic) bond motifs is 2. The number of hydrogen-bond acceptors (Lipinski definition) is 7. The summed E-state index contributed by atoms with van der Waals surface area (Å²) in [6, 6.07) is 19.4. The van der Waals surface area contributed by atoms with Crippen LogP contribution in [0.25, 0.3) is 0 Å². The van der Waals surface area contributed by atoms with Crippen LogP contribution in [0.1, 0.15) is 16.4 Å². The lowest BCUT2D eigenvalue weighted by Gasteiger charge is -2.30. The molecular formula is C29H21BrFN3O5S2. The van der Waals surface area contributed by atoms with E-state index in [1.54, 1.807) is 43.5 Å². The summed E-state index contributed by atoms with van der Waals surface area (Å²) in [5, 5.41) is 2.36. The standard InChI is InChI=1S/C29H21BrFN3O5S2/c1-39-20-12-2-15(3-13-20)22-23-24(27(37)34(26(23)36)19-10-4-16(30)5-11-19)40-28-25(22)41-29(38)33(28)14-21(35)32-18-8-6-17(31)7-9-18/h2-13,22-24H,14H2,1H3,(H,32,35)/t22-,23+,24-/m0/s1. The van der Waals surface area contributed by atoms with Gasteiger partial charge in [-0.3, -0.25) is 23.7 Å². The van der Waals surface area contributed by atoms with Crippen molar-refractivity contribution in [3.05, 3.63) is 103 Å². The topological polar surface area (TPSA) is 97.7 Å². The van der Waals surface area contributed by atoms with Crippen molar-refractivity contribution in [2.75, 3.05) is 17.3 Å². The lowest BCUT2D eigenvalue weighted by atomic mass is 9.83. The van der Waals surface area contributed by atoms with Crippen LogP contribution in [0.2, 0.25) is 0 Å². The van der Waals surface area contributed by atoms with Crippen molar-refractivity contribution in [2.45, 2.75) is 22.7 Å². The Balaban J connectivity index is 1.40. The molecule has 6 rings (SSSR count). The van der Waals surface area contributed by atoms with E-state index in [2.05, 4.69) is 21.2 Å². The van der Waals surface area contributed by atoms with Crippen LogP contribution in [0.5, 0.6) is 5.75 Å². The van der Waals surface area contributed by atoms with Gasteiger partial charge in [-0.15, -0.1) is 0 Å². The van der Waals surface area contributed by atoms with E-state index < -0.39 is 28.8 Å². The number of halogens is 2. The van der Waals surface area contributed by atoms with Crippen molar-refractivity contribution < 1.29 is 23.5 Å². The normalized spacial score (nSPS) is 19.6. The van der Waals surface area contributed by atoms with Gasteiger partial charge in [-0.2, -0.15) is 0 Å². The van der Waals surface area contributed by atoms with Gasteiger partial charge in [0.05, 0.1) is 23.7 Å². The molecule has 0 bridgehead atoms. The minimum Gasteiger partial charge on any atom is -0.497 e. The van der Waals surface area contributed by atoms with Gasteiger partial charge in [0, 0.05) is 21.0 Å². The molecule has 3 amide bonds. The fourth-order valence-corrected chi connectivity index (χ4v) is 8.19. The van der Waals surface area contributed by atoms with E-state index in [-0.39, 0.29) is 23.2 Å². The number of hydrogen-bond donors (Lipinski definition) is 1. The number of nitrogens with one attached hydrogen (secondary N) is 1. The first-order valence-corrected chi connectivity index (χ1v) is 15.0. The van der Waals surface area contributed by atoms with E-state index in [0.29, 0.717) is 27.0 Å². The van der Waals surface area contributed by atoms with Crippen molar-refractivity contribution in [3.63, 3.8) is 0 Å². The first-order chi connectivity index (χ1) is 19.7. The molecule has 208 valence electrons. The third kappa shape index (κ3) is 5.00. The predicted octanol–water partition coefficient (Wildman–Crippen LogP) is 5.25. The molecule has 2 aliphatic heterocycles. The van der Waals surface area contributed by atoms with Crippen LogP contribution in [0.3, 0.4) is 0 Å². The number of imide groups is 1. The molecule has 2 aliphatic rings. The maximum absolute atomic E-state index is 13.9. The van der Waals surface area contributed by atoms with Crippen molar-refractivity contribution in [1.29, 1.82) is 0 Å². The molecule has 3 atom stereocenters. The predicted molar refractivity (Wildman–Crippen MR) is 158 cm³/mol. The molecule has 41 heavy (non-hydrogen) atoms. The number of ether oxygens (including phenoxy) is 1. The van der Waals surface area contributed by atoms with Crippen LogP contribution < -0.4 is 19.8 Å². The van der Waals surface area contributed by atoms with Gasteiger partial charge in [-0.25, -0.2) is 9.29 Å². The Hall–Kier alpha value is -3.74. The average molecular weight is 655 g/mol. The molecule has 0 spiro atoms. The highest BCUT2D eigenvalue weighted by Gasteiger charge is 2.56. The molecular weight excluding hydrogens is 633 g/mol. The van der Waals surface area contributed by atoms with Crippen molar-refractivity contribution in [3.8, 4) is 5.75 Å². The third-order valence-electron chi connectivity index (χ3n) is 7.04. The summed E-state index contributed by atoms with van der Waals surface area (Å²) < 4.78 is 20.7. The Morgan fingerprint density at radius 3 is 2.32 bits per heavy atom. The molecule has 12 heteroatoms. The largest absolute Gasteiger partial charge is 0.497 e. The fourth-order valence-electron chi connectivity index (χ4n) is 5.15. The Bertz CT molecular complexity index is 1720. The van der Waals surface area contributed by atoms with Crippen LogP contribution in [-0.2, 0) is 20.9 Å². The number of amides is 3. The highest BCUT2D eigenvalue weighted by Crippen LogP contribution is 2.54. The number of thioether (sulfide) groups is 1. The molecule has 0 aliphatic carbocycles. The number of carbonyl (C=O) groups is 3. The SMILES string of the molecule is COc1ccc([C@@H]2c3sc(=O)n(CC(=O)Nc4ccc(F)cc4)c3S[C@@H]3C(=O)N(c4ccc(Br)cc4)C(=O)[C@H]23)cc1. The van der Waals surface area contributed by atoms with Gasteiger partial charge in [-0.1, -0.05) is 51.2 Å². The van der Waals surface area contributed by atoms with E-state index in [1.165, 1.54) is 33.7 Å². The van der Waals surface area contributed by atoms with Crippen LogP contribution >= 0.6 is 39.0 Å². The second-order valence-electron chi connectivity index (χ2n) is 9.48. The zero-order valence-electron chi connectivity index (χ0n) is 21.4. The second kappa shape index (κ2) is 10.9. The number of aromatic nitrogens is 1. The van der Waals surface area contributed by atoms with E-state index in [1.807, 2.05) is 12.1 Å². The summed E-state index contributed by atoms with van der Waals surface area (Å²) in [5.74, 6) is -2.35. The summed E-state index contributed by atoms with van der Waals surface area (Å²) >= 11 is 5.50. The molecule has 4 aromatic rings. The van der Waals surface area contributed by atoms with E-state index in [9.17, 15) is 23.6 Å². The smallest absolute Gasteiger partial charge is 0.308 e. The Kier molecular flexibility index (Phi) is 7.30. The van der Waals surface area contributed by atoms with Crippen LogP contribution in [0, 0.1) is 11.7 Å². The maximum atomic E-state index is 13.9. The van der Waals surface area contributed by atoms with E-state index >= 15 is 0 Å². The fraction of sp³-hybridized carbons (Fsp3) is 0.172.